The normalized spacial score (nSPS) is 16.4. The van der Waals surface area contributed by atoms with E-state index in [1.165, 1.54) is 0 Å². The van der Waals surface area contributed by atoms with Crippen LogP contribution in [-0.2, 0) is 17.8 Å². The van der Waals surface area contributed by atoms with E-state index in [4.69, 9.17) is 9.47 Å². The molecular weight excluding hydrogens is 400 g/mol. The Morgan fingerprint density at radius 3 is 2.58 bits per heavy atom. The Bertz CT molecular complexity index is 1110. The summed E-state index contributed by atoms with van der Waals surface area (Å²) in [6, 6.07) is 0.316. The van der Waals surface area contributed by atoms with Crippen molar-refractivity contribution in [2.75, 3.05) is 37.7 Å². The summed E-state index contributed by atoms with van der Waals surface area (Å²) in [7, 11) is 0. The van der Waals surface area contributed by atoms with Gasteiger partial charge in [-0.15, -0.1) is 5.92 Å². The molecule has 4 heterocycles. The Kier molecular flexibility index (Phi) is 5.52. The molecule has 0 N–H and O–H groups in total. The summed E-state index contributed by atoms with van der Waals surface area (Å²) in [6.07, 6.45) is 0.449. The first-order chi connectivity index (χ1) is 14.8. The number of aromatic nitrogens is 4. The zero-order valence-corrected chi connectivity index (χ0v) is 18.5. The third-order valence-electron chi connectivity index (χ3n) is 5.19. The molecule has 0 saturated carbocycles. The zero-order valence-electron chi connectivity index (χ0n) is 18.5. The number of hydrogen-bond donors (Lipinski definition) is 0. The number of carbonyl (C=O) groups is 1. The molecule has 0 aromatic carbocycles. The van der Waals surface area contributed by atoms with Crippen molar-refractivity contribution >= 4 is 23.2 Å². The number of fused-ring (bicyclic) bond motifs is 2. The van der Waals surface area contributed by atoms with Crippen LogP contribution in [0.3, 0.4) is 0 Å². The molecule has 2 aliphatic rings. The smallest absolute Gasteiger partial charge is 0.410 e. The molecule has 0 spiro atoms. The highest BCUT2D eigenvalue weighted by Crippen LogP contribution is 2.24. The van der Waals surface area contributed by atoms with Gasteiger partial charge >= 0.3 is 12.1 Å². The SMILES string of the molecule is CC#CCn1c(N2CCN(C(=O)OC(C)(C)C)CC2)nc2nc3n(c(=O)c21)CCCO3. The summed E-state index contributed by atoms with van der Waals surface area (Å²) >= 11 is 0. The third-order valence-corrected chi connectivity index (χ3v) is 5.19. The molecule has 0 aliphatic carbocycles. The summed E-state index contributed by atoms with van der Waals surface area (Å²) in [5, 5.41) is 0. The van der Waals surface area contributed by atoms with E-state index in [0.717, 1.165) is 6.42 Å². The van der Waals surface area contributed by atoms with E-state index in [1.54, 1.807) is 16.4 Å². The Balaban J connectivity index is 1.64. The lowest BCUT2D eigenvalue weighted by atomic mass is 10.2. The summed E-state index contributed by atoms with van der Waals surface area (Å²) in [5.41, 5.74) is 0.0988. The van der Waals surface area contributed by atoms with Gasteiger partial charge in [0.15, 0.2) is 11.2 Å². The van der Waals surface area contributed by atoms with Gasteiger partial charge in [0.05, 0.1) is 13.2 Å². The van der Waals surface area contributed by atoms with Crippen molar-refractivity contribution in [3.8, 4) is 17.9 Å². The minimum absolute atomic E-state index is 0.163. The maximum absolute atomic E-state index is 13.2. The van der Waals surface area contributed by atoms with E-state index in [2.05, 4.69) is 26.7 Å². The molecule has 2 aromatic rings. The van der Waals surface area contributed by atoms with Gasteiger partial charge in [0.25, 0.3) is 5.56 Å². The minimum Gasteiger partial charge on any atom is -0.464 e. The van der Waals surface area contributed by atoms with Gasteiger partial charge in [-0.2, -0.15) is 9.97 Å². The van der Waals surface area contributed by atoms with Crippen LogP contribution in [0.25, 0.3) is 11.2 Å². The van der Waals surface area contributed by atoms with Crippen LogP contribution in [0.15, 0.2) is 4.79 Å². The van der Waals surface area contributed by atoms with Crippen molar-refractivity contribution in [1.82, 2.24) is 24.0 Å². The Labute approximate surface area is 180 Å². The summed E-state index contributed by atoms with van der Waals surface area (Å²) in [6.45, 7) is 10.9. The van der Waals surface area contributed by atoms with Gasteiger partial charge in [0.2, 0.25) is 5.95 Å². The number of nitrogens with zero attached hydrogens (tertiary/aromatic N) is 6. The third kappa shape index (κ3) is 4.17. The lowest BCUT2D eigenvalue weighted by molar-refractivity contribution is 0.0240. The molecule has 10 heteroatoms. The van der Waals surface area contributed by atoms with Crippen molar-refractivity contribution in [3.05, 3.63) is 10.4 Å². The number of hydrogen-bond acceptors (Lipinski definition) is 7. The molecule has 1 amide bonds. The average Bonchev–Trinajstić information content (AvgIpc) is 3.10. The van der Waals surface area contributed by atoms with Gasteiger partial charge in [-0.3, -0.25) is 13.9 Å². The summed E-state index contributed by atoms with van der Waals surface area (Å²) < 4.78 is 14.4. The molecule has 2 aliphatic heterocycles. The molecule has 10 nitrogen and oxygen atoms in total. The number of ether oxygens (including phenoxy) is 2. The molecule has 1 saturated heterocycles. The van der Waals surface area contributed by atoms with Crippen LogP contribution in [0.2, 0.25) is 0 Å². The van der Waals surface area contributed by atoms with Gasteiger partial charge in [-0.25, -0.2) is 4.79 Å². The molecule has 2 aromatic heterocycles. The lowest BCUT2D eigenvalue weighted by Crippen LogP contribution is -2.50. The highest BCUT2D eigenvalue weighted by atomic mass is 16.6. The van der Waals surface area contributed by atoms with E-state index in [-0.39, 0.29) is 11.7 Å². The molecule has 0 unspecified atom stereocenters. The molecule has 1 fully saturated rings. The number of piperazine rings is 1. The predicted octanol–water partition coefficient (Wildman–Crippen LogP) is 1.46. The standard InChI is InChI=1S/C21H28N6O4/c1-5-6-8-26-15-16(23-19-27(17(15)28)9-7-14-30-19)22-18(26)24-10-12-25(13-11-24)20(29)31-21(2,3)4/h7-14H2,1-4H3. The summed E-state index contributed by atoms with van der Waals surface area (Å²) in [4.78, 5) is 38.5. The Morgan fingerprint density at radius 1 is 1.16 bits per heavy atom. The molecule has 0 bridgehead atoms. The number of amides is 1. The van der Waals surface area contributed by atoms with E-state index in [1.807, 2.05) is 25.3 Å². The van der Waals surface area contributed by atoms with Crippen LogP contribution in [0.1, 0.15) is 34.1 Å². The second-order valence-corrected chi connectivity index (χ2v) is 8.60. The Hall–Kier alpha value is -3.22. The maximum atomic E-state index is 13.2. The molecule has 4 rings (SSSR count). The predicted molar refractivity (Wildman–Crippen MR) is 115 cm³/mol. The quantitative estimate of drug-likeness (QED) is 0.668. The molecular formula is C21H28N6O4. The van der Waals surface area contributed by atoms with Crippen molar-refractivity contribution < 1.29 is 14.3 Å². The van der Waals surface area contributed by atoms with Gasteiger partial charge in [-0.1, -0.05) is 5.92 Å². The van der Waals surface area contributed by atoms with Crippen LogP contribution in [0, 0.1) is 11.8 Å². The van der Waals surface area contributed by atoms with E-state index in [9.17, 15) is 9.59 Å². The van der Waals surface area contributed by atoms with E-state index >= 15 is 0 Å². The number of rotatable bonds is 2. The first-order valence-corrected chi connectivity index (χ1v) is 10.5. The first kappa shape index (κ1) is 21.0. The number of anilines is 1. The van der Waals surface area contributed by atoms with Crippen molar-refractivity contribution in [2.45, 2.75) is 52.8 Å². The molecule has 166 valence electrons. The topological polar surface area (TPSA) is 94.7 Å². The summed E-state index contributed by atoms with van der Waals surface area (Å²) in [5.74, 6) is 6.56. The van der Waals surface area contributed by atoms with Gasteiger partial charge < -0.3 is 19.3 Å². The van der Waals surface area contributed by atoms with Crippen LogP contribution in [-0.4, -0.2) is 68.5 Å². The van der Waals surface area contributed by atoms with Gasteiger partial charge in [0.1, 0.15) is 5.60 Å². The molecule has 31 heavy (non-hydrogen) atoms. The van der Waals surface area contributed by atoms with Gasteiger partial charge in [0, 0.05) is 32.7 Å². The Morgan fingerprint density at radius 2 is 1.90 bits per heavy atom. The minimum atomic E-state index is -0.532. The fourth-order valence-corrected chi connectivity index (χ4v) is 3.74. The van der Waals surface area contributed by atoms with Crippen LogP contribution >= 0.6 is 0 Å². The van der Waals surface area contributed by atoms with E-state index in [0.29, 0.717) is 69.0 Å². The molecule has 0 radical (unpaired) electrons. The molecule has 0 atom stereocenters. The van der Waals surface area contributed by atoms with Crippen molar-refractivity contribution in [2.24, 2.45) is 0 Å². The average molecular weight is 428 g/mol. The lowest BCUT2D eigenvalue weighted by Gasteiger charge is -2.36. The highest BCUT2D eigenvalue weighted by molar-refractivity contribution is 5.75. The second kappa shape index (κ2) is 8.13. The van der Waals surface area contributed by atoms with Gasteiger partial charge in [-0.05, 0) is 34.1 Å². The first-order valence-electron chi connectivity index (χ1n) is 10.5. The van der Waals surface area contributed by atoms with Crippen LogP contribution in [0.5, 0.6) is 6.01 Å². The van der Waals surface area contributed by atoms with Crippen molar-refractivity contribution in [1.29, 1.82) is 0 Å². The van der Waals surface area contributed by atoms with Crippen LogP contribution < -0.4 is 15.2 Å². The van der Waals surface area contributed by atoms with E-state index < -0.39 is 5.60 Å². The monoisotopic (exact) mass is 428 g/mol. The number of carbonyl (C=O) groups excluding carboxylic acids is 1. The largest absolute Gasteiger partial charge is 0.464 e. The fourth-order valence-electron chi connectivity index (χ4n) is 3.74. The van der Waals surface area contributed by atoms with Crippen molar-refractivity contribution in [3.63, 3.8) is 0 Å². The highest BCUT2D eigenvalue weighted by Gasteiger charge is 2.29. The maximum Gasteiger partial charge on any atom is 0.410 e. The number of imidazole rings is 1. The fraction of sp³-hybridized carbons (Fsp3) is 0.619. The second-order valence-electron chi connectivity index (χ2n) is 8.60. The van der Waals surface area contributed by atoms with Crippen LogP contribution in [0.4, 0.5) is 10.7 Å². The zero-order chi connectivity index (χ0) is 22.2.